The lowest BCUT2D eigenvalue weighted by molar-refractivity contribution is 0.0393. The van der Waals surface area contributed by atoms with E-state index in [9.17, 15) is 10.2 Å². The maximum absolute atomic E-state index is 10.0. The largest absolute Gasteiger partial charge is 0.393 e. The van der Waals surface area contributed by atoms with Gasteiger partial charge in [-0.3, -0.25) is 0 Å². The number of hydrogen-bond acceptors (Lipinski definition) is 2. The van der Waals surface area contributed by atoms with Crippen molar-refractivity contribution in [3.63, 3.8) is 0 Å². The Labute approximate surface area is 104 Å². The molecule has 0 radical (unpaired) electrons. The molecule has 0 bridgehead atoms. The fourth-order valence-electron chi connectivity index (χ4n) is 5.30. The Morgan fingerprint density at radius 3 is 2.24 bits per heavy atom. The van der Waals surface area contributed by atoms with Crippen molar-refractivity contribution >= 4 is 0 Å². The molecule has 3 rings (SSSR count). The second-order valence-corrected chi connectivity index (χ2v) is 6.80. The standard InChI is InChI=1S/C15H26O2/c1-9(16)8-10-2-3-12-11(10)4-5-14-13(12)6-7-15(14)17/h9-17H,2-8H2,1H3. The molecule has 98 valence electrons. The van der Waals surface area contributed by atoms with E-state index in [4.69, 9.17) is 0 Å². The average molecular weight is 238 g/mol. The summed E-state index contributed by atoms with van der Waals surface area (Å²) in [6.07, 6.45) is 8.39. The zero-order valence-electron chi connectivity index (χ0n) is 10.9. The Balaban J connectivity index is 1.69. The predicted molar refractivity (Wildman–Crippen MR) is 67.5 cm³/mol. The zero-order valence-corrected chi connectivity index (χ0v) is 10.9. The van der Waals surface area contributed by atoms with Gasteiger partial charge >= 0.3 is 0 Å². The molecule has 0 spiro atoms. The van der Waals surface area contributed by atoms with Crippen molar-refractivity contribution < 1.29 is 10.2 Å². The lowest BCUT2D eigenvalue weighted by atomic mass is 9.67. The van der Waals surface area contributed by atoms with E-state index in [1.54, 1.807) is 0 Å². The van der Waals surface area contributed by atoms with Gasteiger partial charge < -0.3 is 10.2 Å². The SMILES string of the molecule is CC(O)CC1CCC2C1CCC1C(O)CCC12. The number of aliphatic hydroxyl groups excluding tert-OH is 2. The Bertz CT molecular complexity index is 276. The fraction of sp³-hybridized carbons (Fsp3) is 1.00. The molecule has 0 aromatic rings. The summed E-state index contributed by atoms with van der Waals surface area (Å²) in [7, 11) is 0. The molecule has 2 heteroatoms. The van der Waals surface area contributed by atoms with Crippen LogP contribution in [0.4, 0.5) is 0 Å². The Hall–Kier alpha value is -0.0800. The average Bonchev–Trinajstić information content (AvgIpc) is 2.83. The minimum atomic E-state index is -0.134. The van der Waals surface area contributed by atoms with Crippen LogP contribution in [0, 0.1) is 29.6 Å². The maximum atomic E-state index is 10.0. The fourth-order valence-corrected chi connectivity index (χ4v) is 5.30. The topological polar surface area (TPSA) is 40.5 Å². The summed E-state index contributed by atoms with van der Waals surface area (Å²) in [5.74, 6) is 3.91. The van der Waals surface area contributed by atoms with Crippen molar-refractivity contribution in [3.05, 3.63) is 0 Å². The van der Waals surface area contributed by atoms with Gasteiger partial charge in [-0.15, -0.1) is 0 Å². The van der Waals surface area contributed by atoms with E-state index in [2.05, 4.69) is 0 Å². The number of rotatable bonds is 2. The van der Waals surface area contributed by atoms with Gasteiger partial charge in [-0.25, -0.2) is 0 Å². The molecule has 0 saturated heterocycles. The van der Waals surface area contributed by atoms with E-state index >= 15 is 0 Å². The highest BCUT2D eigenvalue weighted by Gasteiger charge is 2.49. The first kappa shape index (κ1) is 12.0. The lowest BCUT2D eigenvalue weighted by Gasteiger charge is -2.39. The summed E-state index contributed by atoms with van der Waals surface area (Å²) in [6, 6.07) is 0. The van der Waals surface area contributed by atoms with E-state index in [1.807, 2.05) is 6.92 Å². The van der Waals surface area contributed by atoms with Gasteiger partial charge in [-0.1, -0.05) is 0 Å². The molecule has 7 unspecified atom stereocenters. The Morgan fingerprint density at radius 1 is 0.882 bits per heavy atom. The molecule has 0 aliphatic heterocycles. The molecule has 0 heterocycles. The normalized spacial score (nSPS) is 51.0. The van der Waals surface area contributed by atoms with E-state index in [0.717, 1.165) is 36.5 Å². The van der Waals surface area contributed by atoms with Gasteiger partial charge in [0.05, 0.1) is 12.2 Å². The van der Waals surface area contributed by atoms with Crippen LogP contribution in [0.15, 0.2) is 0 Å². The van der Waals surface area contributed by atoms with Crippen molar-refractivity contribution in [1.29, 1.82) is 0 Å². The summed E-state index contributed by atoms with van der Waals surface area (Å²) in [6.45, 7) is 1.93. The molecule has 3 aliphatic rings. The highest BCUT2D eigenvalue weighted by Crippen LogP contribution is 2.56. The third-order valence-corrected chi connectivity index (χ3v) is 5.89. The molecule has 2 N–H and O–H groups in total. The monoisotopic (exact) mass is 238 g/mol. The minimum Gasteiger partial charge on any atom is -0.393 e. The molecule has 3 saturated carbocycles. The molecule has 3 aliphatic carbocycles. The van der Waals surface area contributed by atoms with Crippen LogP contribution in [0.3, 0.4) is 0 Å². The van der Waals surface area contributed by atoms with Crippen molar-refractivity contribution in [2.45, 2.75) is 64.1 Å². The number of aliphatic hydroxyl groups is 2. The lowest BCUT2D eigenvalue weighted by Crippen LogP contribution is -2.34. The van der Waals surface area contributed by atoms with E-state index in [1.165, 1.54) is 32.1 Å². The second kappa shape index (κ2) is 4.55. The molecule has 0 aromatic carbocycles. The second-order valence-electron chi connectivity index (χ2n) is 6.80. The quantitative estimate of drug-likeness (QED) is 0.776. The van der Waals surface area contributed by atoms with Crippen LogP contribution in [0.2, 0.25) is 0 Å². The van der Waals surface area contributed by atoms with E-state index in [-0.39, 0.29) is 12.2 Å². The first-order valence-electron chi connectivity index (χ1n) is 7.53. The predicted octanol–water partition coefficient (Wildman–Crippen LogP) is 2.58. The van der Waals surface area contributed by atoms with E-state index < -0.39 is 0 Å². The van der Waals surface area contributed by atoms with Crippen LogP contribution >= 0.6 is 0 Å². The van der Waals surface area contributed by atoms with Gasteiger partial charge in [-0.2, -0.15) is 0 Å². The maximum Gasteiger partial charge on any atom is 0.0571 e. The van der Waals surface area contributed by atoms with Crippen LogP contribution in [-0.4, -0.2) is 22.4 Å². The first-order chi connectivity index (χ1) is 8.16. The Morgan fingerprint density at radius 2 is 1.47 bits per heavy atom. The van der Waals surface area contributed by atoms with Crippen molar-refractivity contribution in [2.75, 3.05) is 0 Å². The van der Waals surface area contributed by atoms with Gasteiger partial charge in [0.2, 0.25) is 0 Å². The van der Waals surface area contributed by atoms with Crippen LogP contribution in [0.1, 0.15) is 51.9 Å². The van der Waals surface area contributed by atoms with Gasteiger partial charge in [-0.05, 0) is 81.5 Å². The van der Waals surface area contributed by atoms with Gasteiger partial charge in [0.25, 0.3) is 0 Å². The van der Waals surface area contributed by atoms with Crippen LogP contribution in [0.5, 0.6) is 0 Å². The van der Waals surface area contributed by atoms with Crippen molar-refractivity contribution in [3.8, 4) is 0 Å². The highest BCUT2D eigenvalue weighted by molar-refractivity contribution is 4.99. The minimum absolute atomic E-state index is 0.00299. The first-order valence-corrected chi connectivity index (χ1v) is 7.53. The summed E-state index contributed by atoms with van der Waals surface area (Å²) >= 11 is 0. The van der Waals surface area contributed by atoms with Gasteiger partial charge in [0.1, 0.15) is 0 Å². The van der Waals surface area contributed by atoms with Crippen LogP contribution in [-0.2, 0) is 0 Å². The highest BCUT2D eigenvalue weighted by atomic mass is 16.3. The summed E-state index contributed by atoms with van der Waals surface area (Å²) in [5, 5.41) is 19.6. The molecule has 17 heavy (non-hydrogen) atoms. The Kier molecular flexibility index (Phi) is 3.20. The third-order valence-electron chi connectivity index (χ3n) is 5.89. The number of hydrogen-bond donors (Lipinski definition) is 2. The van der Waals surface area contributed by atoms with Gasteiger partial charge in [0, 0.05) is 0 Å². The van der Waals surface area contributed by atoms with Crippen LogP contribution in [0.25, 0.3) is 0 Å². The zero-order chi connectivity index (χ0) is 12.0. The van der Waals surface area contributed by atoms with Crippen molar-refractivity contribution in [1.82, 2.24) is 0 Å². The molecule has 7 atom stereocenters. The molecule has 0 aromatic heterocycles. The molecule has 3 fully saturated rings. The van der Waals surface area contributed by atoms with Crippen LogP contribution < -0.4 is 0 Å². The third kappa shape index (κ3) is 2.04. The van der Waals surface area contributed by atoms with Gasteiger partial charge in [0.15, 0.2) is 0 Å². The smallest absolute Gasteiger partial charge is 0.0571 e. The molecular formula is C15H26O2. The molecular weight excluding hydrogens is 212 g/mol. The summed E-state index contributed by atoms with van der Waals surface area (Å²) < 4.78 is 0. The van der Waals surface area contributed by atoms with E-state index in [0.29, 0.717) is 5.92 Å². The molecule has 0 amide bonds. The summed E-state index contributed by atoms with van der Waals surface area (Å²) in [5.41, 5.74) is 0. The summed E-state index contributed by atoms with van der Waals surface area (Å²) in [4.78, 5) is 0. The molecule has 2 nitrogen and oxygen atoms in total. The number of fused-ring (bicyclic) bond motifs is 3. The van der Waals surface area contributed by atoms with Crippen molar-refractivity contribution in [2.24, 2.45) is 29.6 Å².